The zero-order valence-electron chi connectivity index (χ0n) is 17.2. The average Bonchev–Trinajstić information content (AvgIpc) is 3.42. The number of ether oxygens (including phenoxy) is 2. The Morgan fingerprint density at radius 2 is 1.93 bits per heavy atom. The van der Waals surface area contributed by atoms with Crippen LogP contribution in [0.25, 0.3) is 17.1 Å². The lowest BCUT2D eigenvalue weighted by molar-refractivity contribution is 0.189. The topological polar surface area (TPSA) is 49.2 Å². The molecular weight excluding hydrogens is 382 g/mol. The normalized spacial score (nSPS) is 16.5. The molecule has 2 heterocycles. The van der Waals surface area contributed by atoms with Gasteiger partial charge in [-0.05, 0) is 54.2 Å². The van der Waals surface area contributed by atoms with E-state index in [0.29, 0.717) is 11.8 Å². The first-order valence-electron chi connectivity index (χ1n) is 10.1. The van der Waals surface area contributed by atoms with Gasteiger partial charge < -0.3 is 9.47 Å². The maximum atomic E-state index is 5.54. The smallest absolute Gasteiger partial charge is 0.196 e. The van der Waals surface area contributed by atoms with E-state index in [2.05, 4.69) is 52.9 Å². The molecule has 1 fully saturated rings. The Bertz CT molecular complexity index is 947. The molecule has 0 spiro atoms. The fourth-order valence-electron chi connectivity index (χ4n) is 3.59. The molecule has 4 rings (SSSR count). The Morgan fingerprint density at radius 1 is 1.14 bits per heavy atom. The van der Waals surface area contributed by atoms with Crippen LogP contribution < -0.4 is 4.74 Å². The lowest BCUT2D eigenvalue weighted by Gasteiger charge is -2.17. The third-order valence-electron chi connectivity index (χ3n) is 5.25. The summed E-state index contributed by atoms with van der Waals surface area (Å²) in [5.41, 5.74) is 3.45. The Hall–Kier alpha value is -2.31. The van der Waals surface area contributed by atoms with E-state index in [1.165, 1.54) is 5.56 Å². The molecule has 0 N–H and O–H groups in total. The molecule has 3 aromatic rings. The summed E-state index contributed by atoms with van der Waals surface area (Å²) in [6.45, 7) is 6.15. The Kier molecular flexibility index (Phi) is 6.21. The first kappa shape index (κ1) is 20.0. The van der Waals surface area contributed by atoms with E-state index in [-0.39, 0.29) is 0 Å². The summed E-state index contributed by atoms with van der Waals surface area (Å²) in [7, 11) is 1.68. The maximum absolute atomic E-state index is 5.54. The number of hydrogen-bond donors (Lipinski definition) is 0. The minimum Gasteiger partial charge on any atom is -0.497 e. The van der Waals surface area contributed by atoms with Crippen molar-refractivity contribution in [2.24, 2.45) is 5.92 Å². The van der Waals surface area contributed by atoms with Crippen LogP contribution in [0.1, 0.15) is 31.7 Å². The van der Waals surface area contributed by atoms with Crippen LogP contribution in [-0.4, -0.2) is 40.8 Å². The SMILES string of the molecule is COc1ccc(-c2nnc(SCC3CCOC3)n2-c2ccccc2C(C)C)cc1. The minimum absolute atomic E-state index is 0.401. The zero-order valence-corrected chi connectivity index (χ0v) is 18.0. The van der Waals surface area contributed by atoms with Crippen LogP contribution in [0, 0.1) is 5.92 Å². The number of nitrogens with zero attached hydrogens (tertiary/aromatic N) is 3. The highest BCUT2D eigenvalue weighted by molar-refractivity contribution is 7.99. The molecule has 1 aliphatic rings. The van der Waals surface area contributed by atoms with Gasteiger partial charge in [-0.25, -0.2) is 0 Å². The Labute approximate surface area is 176 Å². The average molecular weight is 410 g/mol. The van der Waals surface area contributed by atoms with Gasteiger partial charge in [0.25, 0.3) is 0 Å². The van der Waals surface area contributed by atoms with E-state index in [0.717, 1.165) is 53.4 Å². The van der Waals surface area contributed by atoms with Crippen LogP contribution in [0.2, 0.25) is 0 Å². The first-order chi connectivity index (χ1) is 14.2. The zero-order chi connectivity index (χ0) is 20.2. The van der Waals surface area contributed by atoms with Crippen molar-refractivity contribution in [3.63, 3.8) is 0 Å². The van der Waals surface area contributed by atoms with Crippen molar-refractivity contribution < 1.29 is 9.47 Å². The quantitative estimate of drug-likeness (QED) is 0.502. The number of methoxy groups -OCH3 is 1. The number of hydrogen-bond acceptors (Lipinski definition) is 5. The second-order valence-corrected chi connectivity index (χ2v) is 8.61. The van der Waals surface area contributed by atoms with E-state index in [4.69, 9.17) is 9.47 Å². The standard InChI is InChI=1S/C23H27N3O2S/c1-16(2)20-6-4-5-7-21(20)26-22(18-8-10-19(27-3)11-9-18)24-25-23(26)29-15-17-12-13-28-14-17/h4-11,16-17H,12-15H2,1-3H3. The molecule has 1 unspecified atom stereocenters. The largest absolute Gasteiger partial charge is 0.497 e. The summed E-state index contributed by atoms with van der Waals surface area (Å²) in [5.74, 6) is 3.66. The monoisotopic (exact) mass is 409 g/mol. The van der Waals surface area contributed by atoms with Gasteiger partial charge in [0.1, 0.15) is 5.75 Å². The molecular formula is C23H27N3O2S. The van der Waals surface area contributed by atoms with E-state index in [1.807, 2.05) is 24.3 Å². The van der Waals surface area contributed by atoms with Gasteiger partial charge in [0.2, 0.25) is 0 Å². The first-order valence-corrected chi connectivity index (χ1v) is 11.1. The molecule has 1 aromatic heterocycles. The van der Waals surface area contributed by atoms with Gasteiger partial charge in [0.15, 0.2) is 11.0 Å². The van der Waals surface area contributed by atoms with Crippen molar-refractivity contribution >= 4 is 11.8 Å². The summed E-state index contributed by atoms with van der Waals surface area (Å²) in [4.78, 5) is 0. The summed E-state index contributed by atoms with van der Waals surface area (Å²) in [6, 6.07) is 16.5. The third kappa shape index (κ3) is 4.33. The molecule has 0 radical (unpaired) electrons. The van der Waals surface area contributed by atoms with Crippen LogP contribution >= 0.6 is 11.8 Å². The fourth-order valence-corrected chi connectivity index (χ4v) is 4.65. The van der Waals surface area contributed by atoms with E-state index < -0.39 is 0 Å². The highest BCUT2D eigenvalue weighted by Crippen LogP contribution is 2.33. The molecule has 0 saturated carbocycles. The molecule has 2 aromatic carbocycles. The summed E-state index contributed by atoms with van der Waals surface area (Å²) in [5, 5.41) is 10.1. The predicted molar refractivity (Wildman–Crippen MR) is 117 cm³/mol. The van der Waals surface area contributed by atoms with Crippen LogP contribution in [0.15, 0.2) is 53.7 Å². The molecule has 0 amide bonds. The molecule has 6 heteroatoms. The molecule has 152 valence electrons. The van der Waals surface area contributed by atoms with Crippen LogP contribution in [-0.2, 0) is 4.74 Å². The van der Waals surface area contributed by atoms with Gasteiger partial charge in [0, 0.05) is 17.9 Å². The summed E-state index contributed by atoms with van der Waals surface area (Å²) in [6.07, 6.45) is 1.12. The lowest BCUT2D eigenvalue weighted by Crippen LogP contribution is -2.07. The van der Waals surface area contributed by atoms with Crippen molar-refractivity contribution in [3.8, 4) is 22.8 Å². The second kappa shape index (κ2) is 9.01. The van der Waals surface area contributed by atoms with Crippen molar-refractivity contribution in [1.29, 1.82) is 0 Å². The molecule has 5 nitrogen and oxygen atoms in total. The number of thioether (sulfide) groups is 1. The van der Waals surface area contributed by atoms with Gasteiger partial charge in [0.05, 0.1) is 19.4 Å². The number of rotatable bonds is 7. The highest BCUT2D eigenvalue weighted by atomic mass is 32.2. The number of benzene rings is 2. The summed E-state index contributed by atoms with van der Waals surface area (Å²) >= 11 is 1.77. The van der Waals surface area contributed by atoms with Gasteiger partial charge in [-0.15, -0.1) is 10.2 Å². The number of para-hydroxylation sites is 1. The van der Waals surface area contributed by atoms with Crippen molar-refractivity contribution in [3.05, 3.63) is 54.1 Å². The van der Waals surface area contributed by atoms with Gasteiger partial charge in [-0.3, -0.25) is 4.57 Å². The second-order valence-electron chi connectivity index (χ2n) is 7.62. The van der Waals surface area contributed by atoms with Crippen LogP contribution in [0.5, 0.6) is 5.75 Å². The Balaban J connectivity index is 1.77. The molecule has 1 saturated heterocycles. The minimum atomic E-state index is 0.401. The maximum Gasteiger partial charge on any atom is 0.196 e. The molecule has 0 bridgehead atoms. The van der Waals surface area contributed by atoms with Crippen LogP contribution in [0.3, 0.4) is 0 Å². The van der Waals surface area contributed by atoms with E-state index >= 15 is 0 Å². The van der Waals surface area contributed by atoms with Crippen molar-refractivity contribution in [1.82, 2.24) is 14.8 Å². The lowest BCUT2D eigenvalue weighted by atomic mass is 10.0. The number of aromatic nitrogens is 3. The molecule has 0 aliphatic carbocycles. The third-order valence-corrected chi connectivity index (χ3v) is 6.41. The Morgan fingerprint density at radius 3 is 2.62 bits per heavy atom. The van der Waals surface area contributed by atoms with Crippen molar-refractivity contribution in [2.75, 3.05) is 26.1 Å². The molecule has 1 atom stereocenters. The predicted octanol–water partition coefficient (Wildman–Crippen LogP) is 5.19. The summed E-state index contributed by atoms with van der Waals surface area (Å²) < 4.78 is 13.1. The highest BCUT2D eigenvalue weighted by Gasteiger charge is 2.22. The fraction of sp³-hybridized carbons (Fsp3) is 0.391. The molecule has 1 aliphatic heterocycles. The molecule has 29 heavy (non-hydrogen) atoms. The van der Waals surface area contributed by atoms with E-state index in [1.54, 1.807) is 18.9 Å². The van der Waals surface area contributed by atoms with E-state index in [9.17, 15) is 0 Å². The van der Waals surface area contributed by atoms with Gasteiger partial charge >= 0.3 is 0 Å². The van der Waals surface area contributed by atoms with Crippen molar-refractivity contribution in [2.45, 2.75) is 31.3 Å². The van der Waals surface area contributed by atoms with Gasteiger partial charge in [-0.2, -0.15) is 0 Å². The van der Waals surface area contributed by atoms with Gasteiger partial charge in [-0.1, -0.05) is 43.8 Å². The van der Waals surface area contributed by atoms with Crippen LogP contribution in [0.4, 0.5) is 0 Å².